The molecule has 26 heavy (non-hydrogen) atoms. The second-order valence-corrected chi connectivity index (χ2v) is 8.24. The van der Waals surface area contributed by atoms with E-state index < -0.39 is 10.0 Å². The van der Waals surface area contributed by atoms with Gasteiger partial charge in [-0.3, -0.25) is 0 Å². The van der Waals surface area contributed by atoms with Crippen LogP contribution in [0.4, 0.5) is 0 Å². The molecular formula is C20H19NO4S. The lowest BCUT2D eigenvalue weighted by molar-refractivity contribution is 0.282. The third-order valence-corrected chi connectivity index (χ3v) is 6.62. The molecule has 0 radical (unpaired) electrons. The minimum absolute atomic E-state index is 0.0585. The summed E-state index contributed by atoms with van der Waals surface area (Å²) in [5, 5.41) is 9.49. The topological polar surface area (TPSA) is 70.8 Å². The zero-order chi connectivity index (χ0) is 18.1. The largest absolute Gasteiger partial charge is 0.469 e. The van der Waals surface area contributed by atoms with E-state index in [1.807, 2.05) is 30.3 Å². The van der Waals surface area contributed by atoms with Crippen molar-refractivity contribution in [1.29, 1.82) is 0 Å². The van der Waals surface area contributed by atoms with E-state index in [9.17, 15) is 13.5 Å². The summed E-state index contributed by atoms with van der Waals surface area (Å²) in [6.45, 7) is 0.693. The SMILES string of the molecule is O=S(=O)(c1ccc(-c2ccccc2CO)cc1)N1CCc2occc2C1. The van der Waals surface area contributed by atoms with Gasteiger partial charge in [0.2, 0.25) is 10.0 Å². The molecule has 134 valence electrons. The number of sulfonamides is 1. The first-order valence-corrected chi connectivity index (χ1v) is 9.88. The molecule has 4 rings (SSSR count). The Bertz CT molecular complexity index is 1020. The third-order valence-electron chi connectivity index (χ3n) is 4.76. The Hall–Kier alpha value is -2.41. The number of nitrogens with zero attached hydrogens (tertiary/aromatic N) is 1. The Morgan fingerprint density at radius 2 is 1.81 bits per heavy atom. The van der Waals surface area contributed by atoms with Gasteiger partial charge < -0.3 is 9.52 Å². The summed E-state index contributed by atoms with van der Waals surface area (Å²) in [4.78, 5) is 0.273. The Labute approximate surface area is 152 Å². The molecule has 0 fully saturated rings. The van der Waals surface area contributed by atoms with E-state index in [0.29, 0.717) is 19.5 Å². The number of rotatable bonds is 4. The predicted molar refractivity (Wildman–Crippen MR) is 97.8 cm³/mol. The molecule has 0 bridgehead atoms. The summed E-state index contributed by atoms with van der Waals surface area (Å²) in [7, 11) is -3.55. The maximum absolute atomic E-state index is 12.9. The fraction of sp³-hybridized carbons (Fsp3) is 0.200. The molecule has 2 heterocycles. The van der Waals surface area contributed by atoms with Gasteiger partial charge in [0, 0.05) is 25.1 Å². The Morgan fingerprint density at radius 3 is 2.58 bits per heavy atom. The highest BCUT2D eigenvalue weighted by Gasteiger charge is 2.29. The molecule has 0 saturated carbocycles. The normalized spacial score (nSPS) is 15.0. The smallest absolute Gasteiger partial charge is 0.243 e. The molecule has 0 aliphatic carbocycles. The van der Waals surface area contributed by atoms with Crippen LogP contribution in [-0.2, 0) is 29.6 Å². The minimum Gasteiger partial charge on any atom is -0.469 e. The number of fused-ring (bicyclic) bond motifs is 1. The summed E-state index contributed by atoms with van der Waals surface area (Å²) >= 11 is 0. The highest BCUT2D eigenvalue weighted by atomic mass is 32.2. The van der Waals surface area contributed by atoms with Crippen LogP contribution < -0.4 is 0 Å². The average Bonchev–Trinajstić information content (AvgIpc) is 3.16. The van der Waals surface area contributed by atoms with Crippen molar-refractivity contribution in [2.45, 2.75) is 24.5 Å². The molecule has 0 unspecified atom stereocenters. The van der Waals surface area contributed by atoms with Gasteiger partial charge in [0.15, 0.2) is 0 Å². The van der Waals surface area contributed by atoms with Gasteiger partial charge in [-0.05, 0) is 34.9 Å². The molecule has 1 N–H and O–H groups in total. The summed E-state index contributed by atoms with van der Waals surface area (Å²) in [5.74, 6) is 0.868. The van der Waals surface area contributed by atoms with Gasteiger partial charge in [0.05, 0.1) is 17.8 Å². The van der Waals surface area contributed by atoms with E-state index in [1.54, 1.807) is 30.5 Å². The number of aliphatic hydroxyl groups is 1. The van der Waals surface area contributed by atoms with Crippen LogP contribution in [0.25, 0.3) is 11.1 Å². The maximum atomic E-state index is 12.9. The minimum atomic E-state index is -3.55. The molecule has 0 amide bonds. The molecule has 3 aromatic rings. The fourth-order valence-corrected chi connectivity index (χ4v) is 4.74. The number of aliphatic hydroxyl groups excluding tert-OH is 1. The van der Waals surface area contributed by atoms with Gasteiger partial charge in [-0.2, -0.15) is 4.31 Å². The molecule has 1 aliphatic heterocycles. The van der Waals surface area contributed by atoms with Crippen molar-refractivity contribution in [3.63, 3.8) is 0 Å². The van der Waals surface area contributed by atoms with E-state index >= 15 is 0 Å². The quantitative estimate of drug-likeness (QED) is 0.767. The first-order valence-electron chi connectivity index (χ1n) is 8.44. The Kier molecular flexibility index (Phi) is 4.40. The van der Waals surface area contributed by atoms with E-state index in [2.05, 4.69) is 0 Å². The van der Waals surface area contributed by atoms with Crippen molar-refractivity contribution < 1.29 is 17.9 Å². The van der Waals surface area contributed by atoms with E-state index in [0.717, 1.165) is 28.0 Å². The zero-order valence-corrected chi connectivity index (χ0v) is 14.9. The van der Waals surface area contributed by atoms with E-state index in [-0.39, 0.29) is 11.5 Å². The van der Waals surface area contributed by atoms with Crippen molar-refractivity contribution in [3.8, 4) is 11.1 Å². The molecule has 0 atom stereocenters. The van der Waals surface area contributed by atoms with Crippen molar-refractivity contribution in [1.82, 2.24) is 4.31 Å². The zero-order valence-electron chi connectivity index (χ0n) is 14.1. The lowest BCUT2D eigenvalue weighted by Gasteiger charge is -2.25. The second kappa shape index (κ2) is 6.72. The Morgan fingerprint density at radius 1 is 1.04 bits per heavy atom. The van der Waals surface area contributed by atoms with Crippen LogP contribution >= 0.6 is 0 Å². The standard InChI is InChI=1S/C20H19NO4S/c22-14-17-3-1-2-4-19(17)15-5-7-18(8-6-15)26(23,24)21-11-9-20-16(13-21)10-12-25-20/h1-8,10,12,22H,9,11,13-14H2. The lowest BCUT2D eigenvalue weighted by atomic mass is 10.0. The number of benzene rings is 2. The van der Waals surface area contributed by atoms with E-state index in [4.69, 9.17) is 4.42 Å². The molecule has 0 saturated heterocycles. The van der Waals surface area contributed by atoms with Gasteiger partial charge in [-0.15, -0.1) is 0 Å². The molecular weight excluding hydrogens is 350 g/mol. The van der Waals surface area contributed by atoms with Crippen molar-refractivity contribution >= 4 is 10.0 Å². The number of hydrogen-bond acceptors (Lipinski definition) is 4. The van der Waals surface area contributed by atoms with Crippen LogP contribution in [0.1, 0.15) is 16.9 Å². The number of furan rings is 1. The summed E-state index contributed by atoms with van der Waals surface area (Å²) in [5.41, 5.74) is 3.52. The van der Waals surface area contributed by atoms with Gasteiger partial charge in [0.1, 0.15) is 5.76 Å². The lowest BCUT2D eigenvalue weighted by Crippen LogP contribution is -2.35. The highest BCUT2D eigenvalue weighted by Crippen LogP contribution is 2.28. The summed E-state index contributed by atoms with van der Waals surface area (Å²) < 4.78 is 32.7. The highest BCUT2D eigenvalue weighted by molar-refractivity contribution is 7.89. The van der Waals surface area contributed by atoms with Crippen LogP contribution in [0.3, 0.4) is 0 Å². The van der Waals surface area contributed by atoms with Crippen LogP contribution in [0.15, 0.2) is 70.2 Å². The maximum Gasteiger partial charge on any atom is 0.243 e. The van der Waals surface area contributed by atoms with Crippen molar-refractivity contribution in [2.75, 3.05) is 6.54 Å². The van der Waals surface area contributed by atoms with Gasteiger partial charge in [-0.1, -0.05) is 36.4 Å². The second-order valence-electron chi connectivity index (χ2n) is 6.30. The molecule has 5 nitrogen and oxygen atoms in total. The van der Waals surface area contributed by atoms with Crippen LogP contribution in [0.5, 0.6) is 0 Å². The average molecular weight is 369 g/mol. The first-order chi connectivity index (χ1) is 12.6. The van der Waals surface area contributed by atoms with E-state index in [1.165, 1.54) is 4.31 Å². The molecule has 1 aromatic heterocycles. The van der Waals surface area contributed by atoms with Gasteiger partial charge >= 0.3 is 0 Å². The number of hydrogen-bond donors (Lipinski definition) is 1. The molecule has 6 heteroatoms. The monoisotopic (exact) mass is 369 g/mol. The van der Waals surface area contributed by atoms with Gasteiger partial charge in [0.25, 0.3) is 0 Å². The van der Waals surface area contributed by atoms with Gasteiger partial charge in [-0.25, -0.2) is 8.42 Å². The predicted octanol–water partition coefficient (Wildman–Crippen LogP) is 3.19. The third kappa shape index (κ3) is 2.96. The van der Waals surface area contributed by atoms with Crippen LogP contribution in [-0.4, -0.2) is 24.4 Å². The summed E-state index contributed by atoms with van der Waals surface area (Å²) in [6, 6.07) is 16.2. The van der Waals surface area contributed by atoms with Crippen LogP contribution in [0, 0.1) is 0 Å². The first kappa shape index (κ1) is 17.0. The van der Waals surface area contributed by atoms with Crippen LogP contribution in [0.2, 0.25) is 0 Å². The molecule has 1 aliphatic rings. The Balaban J connectivity index is 1.62. The van der Waals surface area contributed by atoms with Crippen molar-refractivity contribution in [3.05, 3.63) is 77.7 Å². The molecule has 2 aromatic carbocycles. The fourth-order valence-electron chi connectivity index (χ4n) is 3.32. The summed E-state index contributed by atoms with van der Waals surface area (Å²) in [6.07, 6.45) is 2.19. The van der Waals surface area contributed by atoms with Crippen molar-refractivity contribution in [2.24, 2.45) is 0 Å². The molecule has 0 spiro atoms.